The zero-order valence-corrected chi connectivity index (χ0v) is 16.4. The molecule has 30 heavy (non-hydrogen) atoms. The average molecular weight is 452 g/mol. The molecule has 2 aromatic rings. The second-order valence-electron chi connectivity index (χ2n) is 6.87. The van der Waals surface area contributed by atoms with Crippen molar-refractivity contribution in [2.45, 2.75) is 19.4 Å². The smallest absolute Gasteiger partial charge is 0.228 e. The van der Waals surface area contributed by atoms with Crippen molar-refractivity contribution in [3.8, 4) is 0 Å². The van der Waals surface area contributed by atoms with Crippen LogP contribution in [0.25, 0.3) is 0 Å². The number of piperidine rings is 1. The van der Waals surface area contributed by atoms with E-state index in [4.69, 9.17) is 0 Å². The van der Waals surface area contributed by atoms with Crippen molar-refractivity contribution < 1.29 is 35.2 Å². The molecule has 1 aromatic carbocycles. The number of nitrogens with one attached hydrogen (secondary N) is 1. The van der Waals surface area contributed by atoms with Crippen LogP contribution in [0.3, 0.4) is 0 Å². The molecule has 13 heteroatoms. The summed E-state index contributed by atoms with van der Waals surface area (Å²) < 4.78 is 92.5. The molecule has 0 aliphatic carbocycles. The van der Waals surface area contributed by atoms with Gasteiger partial charge in [0.05, 0.1) is 18.4 Å². The van der Waals surface area contributed by atoms with Gasteiger partial charge < -0.3 is 5.32 Å². The second-order valence-corrected chi connectivity index (χ2v) is 8.86. The summed E-state index contributed by atoms with van der Waals surface area (Å²) in [5, 5.41) is 6.36. The number of aromatic nitrogens is 2. The van der Waals surface area contributed by atoms with E-state index in [9.17, 15) is 35.2 Å². The maximum atomic E-state index is 13.8. The molecule has 0 radical (unpaired) electrons. The van der Waals surface area contributed by atoms with Gasteiger partial charge in [0.2, 0.25) is 21.7 Å². The Bertz CT molecular complexity index is 1050. The molecule has 1 saturated heterocycles. The number of halogens is 5. The molecule has 1 aliphatic rings. The topological polar surface area (TPSA) is 84.3 Å². The van der Waals surface area contributed by atoms with E-state index < -0.39 is 63.0 Å². The number of anilines is 1. The lowest BCUT2D eigenvalue weighted by Crippen LogP contribution is -2.40. The number of hydrogen-bond acceptors (Lipinski definition) is 4. The molecule has 0 atom stereocenters. The van der Waals surface area contributed by atoms with E-state index in [2.05, 4.69) is 10.4 Å². The predicted molar refractivity (Wildman–Crippen MR) is 95.3 cm³/mol. The maximum Gasteiger partial charge on any atom is 0.228 e. The van der Waals surface area contributed by atoms with Gasteiger partial charge in [-0.1, -0.05) is 0 Å². The van der Waals surface area contributed by atoms with Gasteiger partial charge in [-0.2, -0.15) is 5.10 Å². The van der Waals surface area contributed by atoms with Crippen LogP contribution >= 0.6 is 0 Å². The van der Waals surface area contributed by atoms with E-state index in [-0.39, 0.29) is 18.9 Å². The van der Waals surface area contributed by atoms with Gasteiger partial charge in [-0.3, -0.25) is 9.48 Å². The molecule has 0 bridgehead atoms. The first-order valence-electron chi connectivity index (χ1n) is 8.78. The molecule has 2 heterocycles. The summed E-state index contributed by atoms with van der Waals surface area (Å²) in [6, 6.07) is 1.30. The van der Waals surface area contributed by atoms with Crippen LogP contribution in [0.15, 0.2) is 12.3 Å². The fourth-order valence-electron chi connectivity index (χ4n) is 3.15. The number of carbonyl (C=O) groups excluding carboxylic acids is 1. The van der Waals surface area contributed by atoms with Gasteiger partial charge in [-0.05, 0) is 12.8 Å². The van der Waals surface area contributed by atoms with Gasteiger partial charge in [0.1, 0.15) is 0 Å². The molecule has 3 rings (SSSR count). The first kappa shape index (κ1) is 22.2. The van der Waals surface area contributed by atoms with E-state index >= 15 is 0 Å². The van der Waals surface area contributed by atoms with E-state index in [1.165, 1.54) is 16.6 Å². The first-order valence-corrected chi connectivity index (χ1v) is 10.6. The van der Waals surface area contributed by atoms with Crippen molar-refractivity contribution in [3.05, 3.63) is 46.9 Å². The third-order valence-electron chi connectivity index (χ3n) is 4.81. The lowest BCUT2D eigenvalue weighted by molar-refractivity contribution is -0.120. The largest absolute Gasteiger partial charge is 0.309 e. The van der Waals surface area contributed by atoms with Crippen LogP contribution < -0.4 is 5.32 Å². The fraction of sp³-hybridized carbons (Fsp3) is 0.412. The molecule has 0 spiro atoms. The summed E-state index contributed by atoms with van der Waals surface area (Å²) in [6.07, 6.45) is 2.92. The zero-order valence-electron chi connectivity index (χ0n) is 15.6. The lowest BCUT2D eigenvalue weighted by atomic mass is 9.97. The summed E-state index contributed by atoms with van der Waals surface area (Å²) in [4.78, 5) is 12.3. The highest BCUT2D eigenvalue weighted by molar-refractivity contribution is 7.88. The normalized spacial score (nSPS) is 16.1. The molecule has 0 saturated carbocycles. The minimum atomic E-state index is -3.33. The second kappa shape index (κ2) is 8.30. The summed E-state index contributed by atoms with van der Waals surface area (Å²) in [6.45, 7) is -0.342. The summed E-state index contributed by atoms with van der Waals surface area (Å²) >= 11 is 0. The SMILES string of the molecule is CS(=O)(=O)N1CCC(C(=O)Nc2ccn(Cc3c(F)c(F)c(F)c(F)c3F)n2)CC1. The number of hydrogen-bond donors (Lipinski definition) is 1. The van der Waals surface area contributed by atoms with Crippen molar-refractivity contribution in [1.29, 1.82) is 0 Å². The Morgan fingerprint density at radius 2 is 1.60 bits per heavy atom. The van der Waals surface area contributed by atoms with Gasteiger partial charge in [0.25, 0.3) is 0 Å². The standard InChI is InChI=1S/C17H17F5N4O3S/c1-30(28,29)26-6-2-9(3-7-26)17(27)23-11-4-5-25(24-11)8-10-12(18)14(20)16(22)15(21)13(10)19/h4-5,9H,2-3,6-8H2,1H3,(H,23,24,27). The van der Waals surface area contributed by atoms with Crippen LogP contribution in [0.4, 0.5) is 27.8 Å². The van der Waals surface area contributed by atoms with Gasteiger partial charge in [-0.15, -0.1) is 0 Å². The summed E-state index contributed by atoms with van der Waals surface area (Å²) in [5.41, 5.74) is -1.06. The van der Waals surface area contributed by atoms with Crippen molar-refractivity contribution in [1.82, 2.24) is 14.1 Å². The Morgan fingerprint density at radius 3 is 2.13 bits per heavy atom. The van der Waals surface area contributed by atoms with Crippen molar-refractivity contribution in [3.63, 3.8) is 0 Å². The molecule has 1 N–H and O–H groups in total. The highest BCUT2D eigenvalue weighted by Gasteiger charge is 2.29. The van der Waals surface area contributed by atoms with Crippen molar-refractivity contribution >= 4 is 21.7 Å². The molecule has 164 valence electrons. The number of rotatable bonds is 5. The number of carbonyl (C=O) groups is 1. The third kappa shape index (κ3) is 4.46. The summed E-state index contributed by atoms with van der Waals surface area (Å²) in [5.74, 6) is -11.1. The van der Waals surface area contributed by atoms with Crippen LogP contribution in [-0.2, 0) is 21.4 Å². The van der Waals surface area contributed by atoms with Gasteiger partial charge in [0, 0.05) is 31.3 Å². The van der Waals surface area contributed by atoms with E-state index in [0.29, 0.717) is 12.8 Å². The van der Waals surface area contributed by atoms with Crippen LogP contribution in [-0.4, -0.2) is 47.8 Å². The minimum absolute atomic E-state index is 0.0226. The Labute approximate surface area is 168 Å². The number of sulfonamides is 1. The van der Waals surface area contributed by atoms with Crippen molar-refractivity contribution in [2.24, 2.45) is 5.92 Å². The minimum Gasteiger partial charge on any atom is -0.309 e. The number of nitrogens with zero attached hydrogens (tertiary/aromatic N) is 3. The summed E-state index contributed by atoms with van der Waals surface area (Å²) in [7, 11) is -3.33. The van der Waals surface area contributed by atoms with E-state index in [0.717, 1.165) is 10.9 Å². The van der Waals surface area contributed by atoms with Crippen LogP contribution in [0.2, 0.25) is 0 Å². The number of benzene rings is 1. The quantitative estimate of drug-likeness (QED) is 0.429. The van der Waals surface area contributed by atoms with Crippen LogP contribution in [0, 0.1) is 35.0 Å². The lowest BCUT2D eigenvalue weighted by Gasteiger charge is -2.29. The zero-order chi connectivity index (χ0) is 22.2. The molecule has 0 unspecified atom stereocenters. The Balaban J connectivity index is 1.66. The first-order chi connectivity index (χ1) is 14.0. The van der Waals surface area contributed by atoms with Gasteiger partial charge in [0.15, 0.2) is 29.1 Å². The molecule has 7 nitrogen and oxygen atoms in total. The molecule has 1 aromatic heterocycles. The number of amides is 1. The Kier molecular flexibility index (Phi) is 6.13. The highest BCUT2D eigenvalue weighted by atomic mass is 32.2. The fourth-order valence-corrected chi connectivity index (χ4v) is 4.02. The molecule has 1 amide bonds. The van der Waals surface area contributed by atoms with E-state index in [1.807, 2.05) is 0 Å². The van der Waals surface area contributed by atoms with Gasteiger partial charge in [-0.25, -0.2) is 34.7 Å². The van der Waals surface area contributed by atoms with Crippen LogP contribution in [0.1, 0.15) is 18.4 Å². The molecule has 1 aliphatic heterocycles. The molecular weight excluding hydrogens is 435 g/mol. The maximum absolute atomic E-state index is 13.8. The third-order valence-corrected chi connectivity index (χ3v) is 6.11. The monoisotopic (exact) mass is 452 g/mol. The Morgan fingerprint density at radius 1 is 1.07 bits per heavy atom. The van der Waals surface area contributed by atoms with E-state index in [1.54, 1.807) is 0 Å². The molecular formula is C17H17F5N4O3S. The highest BCUT2D eigenvalue weighted by Crippen LogP contribution is 2.24. The average Bonchev–Trinajstić information content (AvgIpc) is 3.14. The van der Waals surface area contributed by atoms with Crippen molar-refractivity contribution in [2.75, 3.05) is 24.7 Å². The van der Waals surface area contributed by atoms with Gasteiger partial charge >= 0.3 is 0 Å². The molecule has 1 fully saturated rings. The van der Waals surface area contributed by atoms with Crippen LogP contribution in [0.5, 0.6) is 0 Å². The predicted octanol–water partition coefficient (Wildman–Crippen LogP) is 2.24. The Hall–Kier alpha value is -2.54.